The van der Waals surface area contributed by atoms with Crippen LogP contribution in [-0.4, -0.2) is 26.0 Å². The van der Waals surface area contributed by atoms with Gasteiger partial charge in [-0.3, -0.25) is 14.3 Å². The molecule has 0 amide bonds. The molecule has 0 fully saturated rings. The molecule has 8 heteroatoms. The number of nitro benzene ring substituents is 1. The Kier molecular flexibility index (Phi) is 7.52. The van der Waals surface area contributed by atoms with Crippen LogP contribution in [0.3, 0.4) is 0 Å². The summed E-state index contributed by atoms with van der Waals surface area (Å²) in [6.45, 7) is 0.0356. The minimum atomic E-state index is -2.13. The molecular formula is C8H8NNaO5S. The number of non-ortho nitro benzene ring substituents is 1. The standard InChI is InChI=1S/C8H9NO5S.Na/c10-9(11)7-1-3-8(4-2-7)14-5-6-15(12)13;/h1-4H,5-6H2,(H,12,13);/q;+1/p-1. The van der Waals surface area contributed by atoms with Crippen LogP contribution >= 0.6 is 0 Å². The van der Waals surface area contributed by atoms with Crippen LogP contribution in [0.4, 0.5) is 5.69 Å². The molecule has 0 bridgehead atoms. The minimum absolute atomic E-state index is 0. The second-order valence-electron chi connectivity index (χ2n) is 2.61. The third-order valence-corrected chi connectivity index (χ3v) is 2.07. The van der Waals surface area contributed by atoms with E-state index in [0.29, 0.717) is 5.75 Å². The molecule has 16 heavy (non-hydrogen) atoms. The van der Waals surface area contributed by atoms with Crippen LogP contribution in [-0.2, 0) is 11.1 Å². The summed E-state index contributed by atoms with van der Waals surface area (Å²) in [4.78, 5) is 9.78. The number of rotatable bonds is 5. The van der Waals surface area contributed by atoms with Gasteiger partial charge < -0.3 is 9.29 Å². The molecule has 0 heterocycles. The van der Waals surface area contributed by atoms with E-state index >= 15 is 0 Å². The molecule has 1 rings (SSSR count). The molecule has 1 unspecified atom stereocenters. The summed E-state index contributed by atoms with van der Waals surface area (Å²) in [5.74, 6) is 0.308. The van der Waals surface area contributed by atoms with Crippen LogP contribution in [0, 0.1) is 10.1 Å². The van der Waals surface area contributed by atoms with Crippen LogP contribution < -0.4 is 34.3 Å². The third kappa shape index (κ3) is 5.57. The van der Waals surface area contributed by atoms with Gasteiger partial charge in [0.15, 0.2) is 0 Å². The molecule has 0 aromatic heterocycles. The van der Waals surface area contributed by atoms with Gasteiger partial charge in [-0.1, -0.05) is 11.1 Å². The van der Waals surface area contributed by atoms with Gasteiger partial charge in [0.25, 0.3) is 5.69 Å². The van der Waals surface area contributed by atoms with Crippen molar-refractivity contribution < 1.29 is 48.0 Å². The zero-order valence-electron chi connectivity index (χ0n) is 8.62. The monoisotopic (exact) mass is 253 g/mol. The smallest absolute Gasteiger partial charge is 0.772 e. The number of benzene rings is 1. The van der Waals surface area contributed by atoms with Crippen molar-refractivity contribution in [1.82, 2.24) is 0 Å². The quantitative estimate of drug-likeness (QED) is 0.258. The van der Waals surface area contributed by atoms with Crippen LogP contribution in [0.25, 0.3) is 0 Å². The SMILES string of the molecule is O=[N+]([O-])c1ccc(OCCS(=O)[O-])cc1.[Na+]. The van der Waals surface area contributed by atoms with Crippen molar-refractivity contribution in [2.75, 3.05) is 12.4 Å². The van der Waals surface area contributed by atoms with Crippen LogP contribution in [0.2, 0.25) is 0 Å². The molecule has 0 aliphatic rings. The zero-order chi connectivity index (χ0) is 11.3. The molecule has 0 aliphatic carbocycles. The summed E-state index contributed by atoms with van der Waals surface area (Å²) in [7, 11) is 0. The molecule has 1 aromatic rings. The average Bonchev–Trinajstić information content (AvgIpc) is 2.18. The first-order chi connectivity index (χ1) is 7.09. The van der Waals surface area contributed by atoms with Gasteiger partial charge in [-0.15, -0.1) is 0 Å². The first-order valence-electron chi connectivity index (χ1n) is 4.02. The summed E-state index contributed by atoms with van der Waals surface area (Å²) in [5.41, 5.74) is -0.0326. The Morgan fingerprint density at radius 1 is 1.31 bits per heavy atom. The van der Waals surface area contributed by atoms with Gasteiger partial charge in [0.05, 0.1) is 11.5 Å². The molecule has 0 aliphatic heterocycles. The van der Waals surface area contributed by atoms with Gasteiger partial charge in [0, 0.05) is 17.9 Å². The van der Waals surface area contributed by atoms with Crippen molar-refractivity contribution in [2.45, 2.75) is 0 Å². The molecule has 1 atom stereocenters. The summed E-state index contributed by atoms with van der Waals surface area (Å²) in [5, 5.41) is 10.3. The van der Waals surface area contributed by atoms with Gasteiger partial charge in [0.1, 0.15) is 5.75 Å². The summed E-state index contributed by atoms with van der Waals surface area (Å²) >= 11 is -2.13. The normalized spacial score (nSPS) is 11.3. The maximum absolute atomic E-state index is 10.3. The fourth-order valence-corrected chi connectivity index (χ4v) is 1.11. The molecule has 82 valence electrons. The molecule has 0 radical (unpaired) electrons. The van der Waals surface area contributed by atoms with Gasteiger partial charge >= 0.3 is 29.6 Å². The molecule has 0 spiro atoms. The number of hydrogen-bond donors (Lipinski definition) is 0. The van der Waals surface area contributed by atoms with E-state index in [1.807, 2.05) is 0 Å². The molecule has 6 nitrogen and oxygen atoms in total. The number of nitro groups is 1. The van der Waals surface area contributed by atoms with E-state index in [1.54, 1.807) is 0 Å². The number of hydrogen-bond acceptors (Lipinski definition) is 5. The Morgan fingerprint density at radius 3 is 2.31 bits per heavy atom. The van der Waals surface area contributed by atoms with E-state index in [1.165, 1.54) is 24.3 Å². The first kappa shape index (κ1) is 15.5. The van der Waals surface area contributed by atoms with Crippen molar-refractivity contribution in [3.63, 3.8) is 0 Å². The minimum Gasteiger partial charge on any atom is -0.772 e. The van der Waals surface area contributed by atoms with Gasteiger partial charge in [-0.25, -0.2) is 0 Å². The van der Waals surface area contributed by atoms with Gasteiger partial charge in [-0.2, -0.15) is 0 Å². The van der Waals surface area contributed by atoms with Gasteiger partial charge in [-0.05, 0) is 12.1 Å². The van der Waals surface area contributed by atoms with Crippen LogP contribution in [0.1, 0.15) is 0 Å². The molecule has 0 saturated heterocycles. The second-order valence-corrected chi connectivity index (χ2v) is 3.62. The topological polar surface area (TPSA) is 92.5 Å². The average molecular weight is 253 g/mol. The van der Waals surface area contributed by atoms with Crippen molar-refractivity contribution >= 4 is 16.8 Å². The van der Waals surface area contributed by atoms with Crippen molar-refractivity contribution in [1.29, 1.82) is 0 Å². The Balaban J connectivity index is 0.00000225. The predicted octanol–water partition coefficient (Wildman–Crippen LogP) is -2.14. The van der Waals surface area contributed by atoms with E-state index < -0.39 is 16.0 Å². The van der Waals surface area contributed by atoms with Crippen molar-refractivity contribution in [3.8, 4) is 5.75 Å². The van der Waals surface area contributed by atoms with E-state index in [-0.39, 0.29) is 47.6 Å². The third-order valence-electron chi connectivity index (χ3n) is 1.57. The number of nitrogens with zero attached hydrogens (tertiary/aromatic N) is 1. The van der Waals surface area contributed by atoms with Crippen LogP contribution in [0.15, 0.2) is 24.3 Å². The summed E-state index contributed by atoms with van der Waals surface area (Å²) in [6.07, 6.45) is 0. The summed E-state index contributed by atoms with van der Waals surface area (Å²) in [6, 6.07) is 5.44. The Morgan fingerprint density at radius 2 is 1.88 bits per heavy atom. The van der Waals surface area contributed by atoms with E-state index in [9.17, 15) is 18.9 Å². The Bertz CT molecular complexity index is 369. The molecule has 0 N–H and O–H groups in total. The maximum atomic E-state index is 10.3. The Hall–Kier alpha value is -0.470. The van der Waals surface area contributed by atoms with Crippen LogP contribution in [0.5, 0.6) is 5.75 Å². The second kappa shape index (κ2) is 7.75. The van der Waals surface area contributed by atoms with Gasteiger partial charge in [0.2, 0.25) is 0 Å². The number of ether oxygens (including phenoxy) is 1. The van der Waals surface area contributed by atoms with E-state index in [2.05, 4.69) is 0 Å². The fourth-order valence-electron chi connectivity index (χ4n) is 0.892. The maximum Gasteiger partial charge on any atom is 1.00 e. The Labute approximate surface area is 117 Å². The van der Waals surface area contributed by atoms with Crippen molar-refractivity contribution in [2.24, 2.45) is 0 Å². The fraction of sp³-hybridized carbons (Fsp3) is 0.250. The van der Waals surface area contributed by atoms with Crippen molar-refractivity contribution in [3.05, 3.63) is 34.4 Å². The largest absolute Gasteiger partial charge is 1.00 e. The summed E-state index contributed by atoms with van der Waals surface area (Å²) < 4.78 is 25.4. The molecule has 1 aromatic carbocycles. The molecule has 0 saturated carbocycles. The van der Waals surface area contributed by atoms with E-state index in [0.717, 1.165) is 0 Å². The molecular weight excluding hydrogens is 245 g/mol. The zero-order valence-corrected chi connectivity index (χ0v) is 11.4. The predicted molar refractivity (Wildman–Crippen MR) is 52.4 cm³/mol. The van der Waals surface area contributed by atoms with E-state index in [4.69, 9.17) is 4.74 Å². The first-order valence-corrected chi connectivity index (χ1v) is 5.27.